The summed E-state index contributed by atoms with van der Waals surface area (Å²) in [5.41, 5.74) is 2.46. The van der Waals surface area contributed by atoms with Crippen molar-refractivity contribution in [2.24, 2.45) is 0 Å². The molecule has 148 valence electrons. The zero-order chi connectivity index (χ0) is 20.8. The minimum atomic E-state index is -3.90. The van der Waals surface area contributed by atoms with Gasteiger partial charge in [-0.25, -0.2) is 13.4 Å². The van der Waals surface area contributed by atoms with Crippen LogP contribution in [-0.2, 0) is 10.0 Å². The second-order valence-corrected chi connectivity index (χ2v) is 8.48. The number of fused-ring (bicyclic) bond motifs is 2. The van der Waals surface area contributed by atoms with Crippen LogP contribution in [0.4, 0.5) is 11.5 Å². The first-order valence-corrected chi connectivity index (χ1v) is 10.4. The Morgan fingerprint density at radius 1 is 1.03 bits per heavy atom. The Bertz CT molecular complexity index is 1240. The number of aryl methyl sites for hydroxylation is 1. The number of ether oxygens (including phenoxy) is 1. The van der Waals surface area contributed by atoms with Crippen molar-refractivity contribution < 1.29 is 17.9 Å². The van der Waals surface area contributed by atoms with Crippen LogP contribution in [0.3, 0.4) is 0 Å². The van der Waals surface area contributed by atoms with Gasteiger partial charge in [-0.3, -0.25) is 14.4 Å². The molecule has 1 aromatic heterocycles. The lowest BCUT2D eigenvalue weighted by Gasteiger charge is -2.15. The Kier molecular flexibility index (Phi) is 4.50. The van der Waals surface area contributed by atoms with Crippen LogP contribution < -0.4 is 14.4 Å². The fourth-order valence-electron chi connectivity index (χ4n) is 3.11. The van der Waals surface area contributed by atoms with Gasteiger partial charge in [0, 0.05) is 13.2 Å². The van der Waals surface area contributed by atoms with Gasteiger partial charge in [0.15, 0.2) is 11.6 Å². The van der Waals surface area contributed by atoms with Crippen molar-refractivity contribution in [3.05, 3.63) is 71.4 Å². The normalized spacial score (nSPS) is 13.2. The fourth-order valence-corrected chi connectivity index (χ4v) is 4.26. The monoisotopic (exact) mass is 409 g/mol. The van der Waals surface area contributed by atoms with Crippen LogP contribution >= 0.6 is 0 Å². The number of amides is 1. The molecule has 0 saturated carbocycles. The third kappa shape index (κ3) is 3.31. The maximum Gasteiger partial charge on any atom is 0.263 e. The van der Waals surface area contributed by atoms with Crippen molar-refractivity contribution in [1.82, 2.24) is 4.98 Å². The molecular weight excluding hydrogens is 390 g/mol. The Morgan fingerprint density at radius 2 is 1.83 bits per heavy atom. The van der Waals surface area contributed by atoms with E-state index in [4.69, 9.17) is 4.74 Å². The van der Waals surface area contributed by atoms with Crippen LogP contribution in [0.15, 0.2) is 59.6 Å². The smallest absolute Gasteiger partial charge is 0.263 e. The van der Waals surface area contributed by atoms with Crippen molar-refractivity contribution in [1.29, 1.82) is 0 Å². The van der Waals surface area contributed by atoms with E-state index in [1.807, 2.05) is 19.9 Å². The van der Waals surface area contributed by atoms with E-state index in [0.29, 0.717) is 17.3 Å². The summed E-state index contributed by atoms with van der Waals surface area (Å²) in [6, 6.07) is 13.0. The van der Waals surface area contributed by atoms with Crippen LogP contribution in [0.2, 0.25) is 0 Å². The maximum absolute atomic E-state index is 13.0. The number of sulfonamides is 1. The summed E-state index contributed by atoms with van der Waals surface area (Å²) in [6.45, 7) is 3.76. The van der Waals surface area contributed by atoms with Gasteiger partial charge in [0.05, 0.1) is 16.1 Å². The number of aromatic nitrogens is 1. The van der Waals surface area contributed by atoms with E-state index in [0.717, 1.165) is 11.1 Å². The molecule has 4 rings (SSSR count). The fraction of sp³-hybridized carbons (Fsp3) is 0.143. The lowest BCUT2D eigenvalue weighted by Crippen LogP contribution is -2.26. The molecule has 0 aliphatic carbocycles. The van der Waals surface area contributed by atoms with Gasteiger partial charge >= 0.3 is 0 Å². The number of nitrogens with one attached hydrogen (secondary N) is 1. The van der Waals surface area contributed by atoms with Gasteiger partial charge < -0.3 is 4.74 Å². The number of carbonyl (C=O) groups is 1. The average molecular weight is 409 g/mol. The highest BCUT2D eigenvalue weighted by molar-refractivity contribution is 7.92. The molecule has 1 aliphatic heterocycles. The van der Waals surface area contributed by atoms with Gasteiger partial charge in [-0.05, 0) is 61.4 Å². The number of hydrogen-bond donors (Lipinski definition) is 1. The minimum absolute atomic E-state index is 0.0265. The van der Waals surface area contributed by atoms with Gasteiger partial charge in [0.1, 0.15) is 5.75 Å². The molecule has 0 bridgehead atoms. The lowest BCUT2D eigenvalue weighted by molar-refractivity contribution is 0.0992. The zero-order valence-corrected chi connectivity index (χ0v) is 16.9. The number of nitrogens with zero attached hydrogens (tertiary/aromatic N) is 2. The molecule has 7 nitrogen and oxygen atoms in total. The Morgan fingerprint density at radius 3 is 2.62 bits per heavy atom. The van der Waals surface area contributed by atoms with Crippen LogP contribution in [0, 0.1) is 13.8 Å². The summed E-state index contributed by atoms with van der Waals surface area (Å²) in [7, 11) is -2.33. The molecule has 1 N–H and O–H groups in total. The van der Waals surface area contributed by atoms with Crippen molar-refractivity contribution in [2.45, 2.75) is 18.7 Å². The Hall–Kier alpha value is -3.39. The number of pyridine rings is 1. The third-order valence-electron chi connectivity index (χ3n) is 4.93. The van der Waals surface area contributed by atoms with Crippen LogP contribution in [0.25, 0.3) is 0 Å². The molecule has 0 saturated heterocycles. The lowest BCUT2D eigenvalue weighted by atomic mass is 10.1. The number of carbonyl (C=O) groups excluding carboxylic acids is 1. The van der Waals surface area contributed by atoms with E-state index < -0.39 is 15.9 Å². The molecular formula is C21H19N3O4S. The summed E-state index contributed by atoms with van der Waals surface area (Å²) in [4.78, 5) is 18.4. The largest absolute Gasteiger partial charge is 0.453 e. The molecule has 29 heavy (non-hydrogen) atoms. The Balaban J connectivity index is 1.75. The molecule has 0 spiro atoms. The number of hydrogen-bond acceptors (Lipinski definition) is 5. The first-order valence-electron chi connectivity index (χ1n) is 8.92. The van der Waals surface area contributed by atoms with E-state index >= 15 is 0 Å². The second kappa shape index (κ2) is 6.89. The molecule has 0 unspecified atom stereocenters. The highest BCUT2D eigenvalue weighted by Crippen LogP contribution is 2.37. The van der Waals surface area contributed by atoms with Crippen LogP contribution in [-0.4, -0.2) is 26.4 Å². The van der Waals surface area contributed by atoms with Crippen molar-refractivity contribution in [3.8, 4) is 11.5 Å². The van der Waals surface area contributed by atoms with Crippen molar-refractivity contribution in [2.75, 3.05) is 16.7 Å². The first-order chi connectivity index (χ1) is 13.8. The quantitative estimate of drug-likeness (QED) is 0.709. The summed E-state index contributed by atoms with van der Waals surface area (Å²) in [5.74, 6) is 0.665. The summed E-state index contributed by atoms with van der Waals surface area (Å²) >= 11 is 0. The summed E-state index contributed by atoms with van der Waals surface area (Å²) < 4.78 is 34.3. The molecule has 0 fully saturated rings. The predicted molar refractivity (Wildman–Crippen MR) is 110 cm³/mol. The maximum atomic E-state index is 13.0. The van der Waals surface area contributed by atoms with E-state index in [9.17, 15) is 13.2 Å². The standard InChI is InChI=1S/C21H19N3O4S/c1-13-6-4-7-17(14(13)2)23-29(26,27)15-9-10-18-16(12-15)21(25)24(3)20-19(28-18)8-5-11-22-20/h4-12,23H,1-3H3. The van der Waals surface area contributed by atoms with Gasteiger partial charge in [-0.1, -0.05) is 12.1 Å². The average Bonchev–Trinajstić information content (AvgIpc) is 2.80. The highest BCUT2D eigenvalue weighted by atomic mass is 32.2. The third-order valence-corrected chi connectivity index (χ3v) is 6.30. The molecule has 2 heterocycles. The Labute approximate surface area is 169 Å². The SMILES string of the molecule is Cc1cccc(NS(=O)(=O)c2ccc3c(c2)C(=O)N(C)c2ncccc2O3)c1C. The topological polar surface area (TPSA) is 88.6 Å². The van der Waals surface area contributed by atoms with Gasteiger partial charge in [-0.2, -0.15) is 0 Å². The molecule has 8 heteroatoms. The van der Waals surface area contributed by atoms with E-state index in [-0.39, 0.29) is 16.2 Å². The van der Waals surface area contributed by atoms with Gasteiger partial charge in [-0.15, -0.1) is 0 Å². The zero-order valence-electron chi connectivity index (χ0n) is 16.1. The predicted octanol–water partition coefficient (Wildman–Crippen LogP) is 3.88. The number of rotatable bonds is 3. The molecule has 0 radical (unpaired) electrons. The highest BCUT2D eigenvalue weighted by Gasteiger charge is 2.28. The van der Waals surface area contributed by atoms with Crippen molar-refractivity contribution >= 4 is 27.4 Å². The minimum Gasteiger partial charge on any atom is -0.453 e. The van der Waals surface area contributed by atoms with E-state index in [2.05, 4.69) is 9.71 Å². The molecule has 1 amide bonds. The molecule has 2 aromatic carbocycles. The van der Waals surface area contributed by atoms with Crippen LogP contribution in [0.5, 0.6) is 11.5 Å². The second-order valence-electron chi connectivity index (χ2n) is 6.80. The summed E-state index contributed by atoms with van der Waals surface area (Å²) in [5, 5.41) is 0. The van der Waals surface area contributed by atoms with E-state index in [1.165, 1.54) is 23.1 Å². The van der Waals surface area contributed by atoms with E-state index in [1.54, 1.807) is 37.5 Å². The number of anilines is 2. The molecule has 1 aliphatic rings. The number of benzene rings is 2. The summed E-state index contributed by atoms with van der Waals surface area (Å²) in [6.07, 6.45) is 1.56. The van der Waals surface area contributed by atoms with Crippen molar-refractivity contribution in [3.63, 3.8) is 0 Å². The van der Waals surface area contributed by atoms with Gasteiger partial charge in [0.2, 0.25) is 0 Å². The van der Waals surface area contributed by atoms with Crippen LogP contribution in [0.1, 0.15) is 21.5 Å². The molecule has 3 aromatic rings. The molecule has 0 atom stereocenters. The first kappa shape index (κ1) is 18.9. The van der Waals surface area contributed by atoms with Gasteiger partial charge in [0.25, 0.3) is 15.9 Å².